The molecule has 0 bridgehead atoms. The summed E-state index contributed by atoms with van der Waals surface area (Å²) in [6.07, 6.45) is 3.16. The summed E-state index contributed by atoms with van der Waals surface area (Å²) in [6.45, 7) is 2.15. The average molecular weight is 215 g/mol. The molecule has 0 N–H and O–H groups in total. The van der Waals surface area contributed by atoms with Gasteiger partial charge in [-0.1, -0.05) is 13.3 Å². The van der Waals surface area contributed by atoms with Crippen molar-refractivity contribution in [3.8, 4) is 0 Å². The van der Waals surface area contributed by atoms with Crippen molar-refractivity contribution >= 4 is 23.4 Å². The van der Waals surface area contributed by atoms with E-state index in [9.17, 15) is 0 Å². The Bertz CT molecular complexity index is 328. The Morgan fingerprint density at radius 1 is 1.46 bits per heavy atom. The third kappa shape index (κ3) is 1.81. The molecular formula is C9H11ClN2S. The van der Waals surface area contributed by atoms with E-state index in [1.807, 2.05) is 11.8 Å². The van der Waals surface area contributed by atoms with Crippen LogP contribution < -0.4 is 0 Å². The fourth-order valence-electron chi connectivity index (χ4n) is 1.51. The summed E-state index contributed by atoms with van der Waals surface area (Å²) < 4.78 is 0. The van der Waals surface area contributed by atoms with Crippen LogP contribution in [0.15, 0.2) is 4.90 Å². The van der Waals surface area contributed by atoms with Gasteiger partial charge in [0, 0.05) is 12.2 Å². The lowest BCUT2D eigenvalue weighted by molar-refractivity contribution is 0.824. The molecule has 0 aromatic carbocycles. The van der Waals surface area contributed by atoms with E-state index in [0.717, 1.165) is 36.4 Å². The molecule has 0 fully saturated rings. The van der Waals surface area contributed by atoms with Crippen LogP contribution in [0.1, 0.15) is 24.7 Å². The number of aromatic nitrogens is 2. The van der Waals surface area contributed by atoms with E-state index in [1.54, 1.807) is 0 Å². The van der Waals surface area contributed by atoms with Crippen LogP contribution in [0.3, 0.4) is 0 Å². The van der Waals surface area contributed by atoms with Crippen molar-refractivity contribution in [3.63, 3.8) is 0 Å². The van der Waals surface area contributed by atoms with Gasteiger partial charge in [0.05, 0.1) is 16.3 Å². The Hall–Kier alpha value is -0.280. The van der Waals surface area contributed by atoms with Crippen LogP contribution in [0, 0.1) is 0 Å². The molecule has 2 heterocycles. The molecule has 4 heteroatoms. The zero-order valence-corrected chi connectivity index (χ0v) is 9.08. The highest BCUT2D eigenvalue weighted by Gasteiger charge is 2.18. The number of halogens is 1. The molecule has 0 spiro atoms. The van der Waals surface area contributed by atoms with Gasteiger partial charge in [0.25, 0.3) is 0 Å². The molecule has 0 radical (unpaired) electrons. The van der Waals surface area contributed by atoms with Crippen LogP contribution in [-0.2, 0) is 12.8 Å². The predicted molar refractivity (Wildman–Crippen MR) is 55.5 cm³/mol. The van der Waals surface area contributed by atoms with Crippen molar-refractivity contribution in [2.75, 3.05) is 5.75 Å². The molecule has 2 nitrogen and oxygen atoms in total. The maximum absolute atomic E-state index is 5.83. The van der Waals surface area contributed by atoms with Gasteiger partial charge < -0.3 is 0 Å². The summed E-state index contributed by atoms with van der Waals surface area (Å²) in [6, 6.07) is 0. The molecule has 1 aliphatic heterocycles. The van der Waals surface area contributed by atoms with Crippen molar-refractivity contribution in [1.29, 1.82) is 0 Å². The molecule has 1 aliphatic rings. The topological polar surface area (TPSA) is 25.8 Å². The van der Waals surface area contributed by atoms with Crippen molar-refractivity contribution < 1.29 is 0 Å². The highest BCUT2D eigenvalue weighted by Crippen LogP contribution is 2.33. The highest BCUT2D eigenvalue weighted by molar-refractivity contribution is 7.99. The highest BCUT2D eigenvalue weighted by atomic mass is 35.5. The zero-order chi connectivity index (χ0) is 9.26. The Kier molecular flexibility index (Phi) is 2.74. The molecule has 13 heavy (non-hydrogen) atoms. The molecule has 2 rings (SSSR count). The Balaban J connectivity index is 2.43. The van der Waals surface area contributed by atoms with Crippen LogP contribution in [-0.4, -0.2) is 15.7 Å². The lowest BCUT2D eigenvalue weighted by Crippen LogP contribution is -1.98. The molecule has 70 valence electrons. The molecular weight excluding hydrogens is 204 g/mol. The fourth-order valence-corrected chi connectivity index (χ4v) is 2.84. The van der Waals surface area contributed by atoms with E-state index in [1.165, 1.54) is 4.90 Å². The number of rotatable bonds is 2. The van der Waals surface area contributed by atoms with E-state index in [2.05, 4.69) is 16.9 Å². The minimum absolute atomic E-state index is 0.407. The van der Waals surface area contributed by atoms with E-state index in [-0.39, 0.29) is 0 Å². The normalized spacial score (nSPS) is 14.6. The van der Waals surface area contributed by atoms with Crippen LogP contribution in [0.5, 0.6) is 0 Å². The van der Waals surface area contributed by atoms with E-state index in [4.69, 9.17) is 11.6 Å². The predicted octanol–water partition coefficient (Wildman–Crippen LogP) is 2.73. The summed E-state index contributed by atoms with van der Waals surface area (Å²) in [4.78, 5) is 9.78. The third-order valence-electron chi connectivity index (χ3n) is 2.05. The van der Waals surface area contributed by atoms with Crippen molar-refractivity contribution in [2.24, 2.45) is 0 Å². The van der Waals surface area contributed by atoms with Gasteiger partial charge in [-0.2, -0.15) is 0 Å². The zero-order valence-electron chi connectivity index (χ0n) is 7.51. The first-order valence-electron chi connectivity index (χ1n) is 4.49. The van der Waals surface area contributed by atoms with Gasteiger partial charge in [-0.25, -0.2) is 9.97 Å². The second-order valence-corrected chi connectivity index (χ2v) is 4.51. The summed E-state index contributed by atoms with van der Waals surface area (Å²) in [5.74, 6) is 1.13. The molecule has 1 aromatic heterocycles. The summed E-state index contributed by atoms with van der Waals surface area (Å²) in [5, 5.41) is 0.407. The van der Waals surface area contributed by atoms with Gasteiger partial charge in [-0.3, -0.25) is 0 Å². The number of hydrogen-bond acceptors (Lipinski definition) is 3. The number of thioether (sulfide) groups is 1. The lowest BCUT2D eigenvalue weighted by Gasteiger charge is -2.04. The van der Waals surface area contributed by atoms with Gasteiger partial charge in [0.15, 0.2) is 0 Å². The second kappa shape index (κ2) is 3.84. The first-order valence-corrected chi connectivity index (χ1v) is 5.85. The Morgan fingerprint density at radius 3 is 3.08 bits per heavy atom. The van der Waals surface area contributed by atoms with Gasteiger partial charge >= 0.3 is 0 Å². The largest absolute Gasteiger partial charge is 0.222 e. The van der Waals surface area contributed by atoms with Crippen molar-refractivity contribution in [3.05, 3.63) is 16.7 Å². The van der Waals surface area contributed by atoms with E-state index < -0.39 is 0 Å². The number of nitrogens with zero attached hydrogens (tertiary/aromatic N) is 2. The molecule has 0 aliphatic carbocycles. The third-order valence-corrected chi connectivity index (χ3v) is 3.39. The first-order chi connectivity index (χ1) is 6.31. The number of aryl methyl sites for hydroxylation is 2. The second-order valence-electron chi connectivity index (χ2n) is 3.06. The number of hydrogen-bond donors (Lipinski definition) is 0. The van der Waals surface area contributed by atoms with Crippen molar-refractivity contribution in [1.82, 2.24) is 9.97 Å². The molecule has 0 saturated carbocycles. The molecule has 0 amide bonds. The lowest BCUT2D eigenvalue weighted by atomic mass is 10.2. The van der Waals surface area contributed by atoms with Crippen LogP contribution in [0.2, 0.25) is 5.28 Å². The average Bonchev–Trinajstić information content (AvgIpc) is 2.52. The van der Waals surface area contributed by atoms with Crippen molar-refractivity contribution in [2.45, 2.75) is 31.1 Å². The van der Waals surface area contributed by atoms with E-state index in [0.29, 0.717) is 5.28 Å². The quantitative estimate of drug-likeness (QED) is 0.708. The Morgan fingerprint density at radius 2 is 2.31 bits per heavy atom. The maximum Gasteiger partial charge on any atom is 0.222 e. The maximum atomic E-state index is 5.83. The standard InChI is InChI=1S/C9H11ClN2S/c1-2-3-6-8-7(4-5-13-8)12-9(10)11-6/h2-5H2,1H3. The molecule has 1 aromatic rings. The summed E-state index contributed by atoms with van der Waals surface area (Å²) in [5.41, 5.74) is 2.29. The molecule has 0 unspecified atom stereocenters. The minimum atomic E-state index is 0.407. The van der Waals surface area contributed by atoms with E-state index >= 15 is 0 Å². The van der Waals surface area contributed by atoms with Gasteiger partial charge in [0.2, 0.25) is 5.28 Å². The molecule has 0 saturated heterocycles. The summed E-state index contributed by atoms with van der Waals surface area (Å²) in [7, 11) is 0. The Labute approximate surface area is 87.1 Å². The smallest absolute Gasteiger partial charge is 0.222 e. The summed E-state index contributed by atoms with van der Waals surface area (Å²) >= 11 is 7.69. The van der Waals surface area contributed by atoms with Crippen LogP contribution in [0.25, 0.3) is 0 Å². The van der Waals surface area contributed by atoms with Gasteiger partial charge in [-0.15, -0.1) is 11.8 Å². The monoisotopic (exact) mass is 214 g/mol. The van der Waals surface area contributed by atoms with Gasteiger partial charge in [0.1, 0.15) is 0 Å². The fraction of sp³-hybridized carbons (Fsp3) is 0.556. The molecule has 0 atom stereocenters. The minimum Gasteiger partial charge on any atom is -0.222 e. The number of fused-ring (bicyclic) bond motifs is 1. The van der Waals surface area contributed by atoms with Crippen LogP contribution in [0.4, 0.5) is 0 Å². The first kappa shape index (κ1) is 9.28. The van der Waals surface area contributed by atoms with Crippen LogP contribution >= 0.6 is 23.4 Å². The van der Waals surface area contributed by atoms with Gasteiger partial charge in [-0.05, 0) is 18.0 Å². The SMILES string of the molecule is CCCc1nc(Cl)nc2c1SCC2.